The molecule has 1 saturated heterocycles. The van der Waals surface area contributed by atoms with Gasteiger partial charge in [-0.05, 0) is 62.7 Å². The van der Waals surface area contributed by atoms with Crippen molar-refractivity contribution in [1.82, 2.24) is 4.31 Å². The quantitative estimate of drug-likeness (QED) is 0.725. The van der Waals surface area contributed by atoms with Crippen LogP contribution in [0, 0.1) is 6.92 Å². The molecule has 30 heavy (non-hydrogen) atoms. The van der Waals surface area contributed by atoms with Crippen molar-refractivity contribution in [3.05, 3.63) is 53.1 Å². The molecule has 3 rings (SSSR count). The van der Waals surface area contributed by atoms with Crippen LogP contribution in [-0.4, -0.2) is 50.5 Å². The van der Waals surface area contributed by atoms with Crippen molar-refractivity contribution in [2.24, 2.45) is 0 Å². The van der Waals surface area contributed by atoms with Gasteiger partial charge in [-0.25, -0.2) is 8.42 Å². The van der Waals surface area contributed by atoms with E-state index in [1.807, 2.05) is 0 Å². The summed E-state index contributed by atoms with van der Waals surface area (Å²) < 4.78 is 38.5. The van der Waals surface area contributed by atoms with E-state index in [2.05, 4.69) is 5.32 Å². The first-order chi connectivity index (χ1) is 14.1. The minimum absolute atomic E-state index is 0.165. The van der Waals surface area contributed by atoms with Crippen LogP contribution in [0.5, 0.6) is 5.75 Å². The molecule has 7 nitrogen and oxygen atoms in total. The van der Waals surface area contributed by atoms with Gasteiger partial charge in [0.25, 0.3) is 5.91 Å². The lowest BCUT2D eigenvalue weighted by atomic mass is 10.1. The van der Waals surface area contributed by atoms with Crippen molar-refractivity contribution in [3.8, 4) is 5.75 Å². The van der Waals surface area contributed by atoms with Gasteiger partial charge in [-0.15, -0.1) is 0 Å². The van der Waals surface area contributed by atoms with E-state index in [0.717, 1.165) is 0 Å². The zero-order valence-corrected chi connectivity index (χ0v) is 18.7. The zero-order valence-electron chi connectivity index (χ0n) is 17.1. The van der Waals surface area contributed by atoms with Gasteiger partial charge in [-0.3, -0.25) is 4.79 Å². The van der Waals surface area contributed by atoms with E-state index >= 15 is 0 Å². The fraction of sp³-hybridized carbons (Fsp3) is 0.381. The number of carbonyl (C=O) groups is 1. The molecule has 0 unspecified atom stereocenters. The van der Waals surface area contributed by atoms with Gasteiger partial charge in [0.15, 0.2) is 5.60 Å². The first kappa shape index (κ1) is 22.6. The van der Waals surface area contributed by atoms with Crippen LogP contribution in [0.25, 0.3) is 0 Å². The third-order valence-electron chi connectivity index (χ3n) is 4.77. The normalized spacial score (nSPS) is 15.6. The number of amides is 1. The minimum Gasteiger partial charge on any atom is -0.478 e. The summed E-state index contributed by atoms with van der Waals surface area (Å²) in [6.07, 6.45) is 0. The fourth-order valence-corrected chi connectivity index (χ4v) is 4.79. The van der Waals surface area contributed by atoms with Crippen LogP contribution in [0.1, 0.15) is 19.4 Å². The zero-order chi connectivity index (χ0) is 21.9. The molecule has 1 fully saturated rings. The van der Waals surface area contributed by atoms with E-state index < -0.39 is 21.5 Å². The van der Waals surface area contributed by atoms with Crippen LogP contribution in [0.2, 0.25) is 5.02 Å². The lowest BCUT2D eigenvalue weighted by molar-refractivity contribution is -0.128. The van der Waals surface area contributed by atoms with Crippen LogP contribution >= 0.6 is 11.6 Å². The third kappa shape index (κ3) is 5.13. The van der Waals surface area contributed by atoms with E-state index in [9.17, 15) is 13.2 Å². The van der Waals surface area contributed by atoms with Crippen LogP contribution in [-0.2, 0) is 19.6 Å². The minimum atomic E-state index is -3.68. The van der Waals surface area contributed by atoms with Gasteiger partial charge in [0.05, 0.1) is 18.1 Å². The fourth-order valence-electron chi connectivity index (χ4n) is 3.01. The maximum atomic E-state index is 13.0. The molecule has 1 amide bonds. The molecule has 1 heterocycles. The maximum absolute atomic E-state index is 13.0. The van der Waals surface area contributed by atoms with Crippen molar-refractivity contribution in [2.45, 2.75) is 31.3 Å². The van der Waals surface area contributed by atoms with Crippen molar-refractivity contribution in [1.29, 1.82) is 0 Å². The van der Waals surface area contributed by atoms with Gasteiger partial charge >= 0.3 is 0 Å². The van der Waals surface area contributed by atoms with Gasteiger partial charge in [0.1, 0.15) is 5.75 Å². The molecule has 2 aromatic carbocycles. The second-order valence-electron chi connectivity index (χ2n) is 7.52. The summed E-state index contributed by atoms with van der Waals surface area (Å²) in [5, 5.41) is 3.33. The van der Waals surface area contributed by atoms with Crippen molar-refractivity contribution < 1.29 is 22.7 Å². The summed E-state index contributed by atoms with van der Waals surface area (Å²) in [5.41, 5.74) is -0.205. The Kier molecular flexibility index (Phi) is 6.71. The molecule has 0 aromatic heterocycles. The van der Waals surface area contributed by atoms with E-state index in [4.69, 9.17) is 21.1 Å². The number of carbonyl (C=O) groups excluding carboxylic acids is 1. The third-order valence-corrected chi connectivity index (χ3v) is 7.06. The molecule has 0 radical (unpaired) electrons. The number of halogens is 1. The summed E-state index contributed by atoms with van der Waals surface area (Å²) in [7, 11) is -3.68. The number of nitrogens with zero attached hydrogens (tertiary/aromatic N) is 1. The van der Waals surface area contributed by atoms with E-state index in [-0.39, 0.29) is 4.90 Å². The standard InChI is InChI=1S/C21H25ClN2O5S/c1-15-4-7-17(14-19(15)30(26,27)24-10-12-28-13-11-24)23-20(25)21(2,3)29-18-8-5-16(22)6-9-18/h4-9,14H,10-13H2,1-3H3,(H,23,25). The highest BCUT2D eigenvalue weighted by Crippen LogP contribution is 2.26. The lowest BCUT2D eigenvalue weighted by Crippen LogP contribution is -2.42. The predicted molar refractivity (Wildman–Crippen MR) is 116 cm³/mol. The number of nitrogens with one attached hydrogen (secondary N) is 1. The molecule has 0 spiro atoms. The van der Waals surface area contributed by atoms with Gasteiger partial charge in [-0.2, -0.15) is 4.31 Å². The highest BCUT2D eigenvalue weighted by Gasteiger charge is 2.31. The molecule has 162 valence electrons. The predicted octanol–water partition coefficient (Wildman–Crippen LogP) is 3.47. The molecule has 1 aliphatic heterocycles. The SMILES string of the molecule is Cc1ccc(NC(=O)C(C)(C)Oc2ccc(Cl)cc2)cc1S(=O)(=O)N1CCOCC1. The summed E-state index contributed by atoms with van der Waals surface area (Å²) in [6.45, 7) is 6.34. The Morgan fingerprint density at radius 2 is 1.77 bits per heavy atom. The monoisotopic (exact) mass is 452 g/mol. The summed E-state index contributed by atoms with van der Waals surface area (Å²) in [4.78, 5) is 13.0. The average molecular weight is 453 g/mol. The molecule has 0 atom stereocenters. The average Bonchev–Trinajstić information content (AvgIpc) is 2.71. The van der Waals surface area contributed by atoms with Gasteiger partial charge in [0, 0.05) is 23.8 Å². The molecule has 0 saturated carbocycles. The lowest BCUT2D eigenvalue weighted by Gasteiger charge is -2.27. The van der Waals surface area contributed by atoms with E-state index in [1.54, 1.807) is 57.2 Å². The van der Waals surface area contributed by atoms with Gasteiger partial charge in [0.2, 0.25) is 10.0 Å². The second-order valence-corrected chi connectivity index (χ2v) is 9.86. The number of sulfonamides is 1. The molecular weight excluding hydrogens is 428 g/mol. The number of rotatable bonds is 6. The topological polar surface area (TPSA) is 84.9 Å². The summed E-state index contributed by atoms with van der Waals surface area (Å²) in [5.74, 6) is 0.0927. The van der Waals surface area contributed by atoms with Gasteiger partial charge in [-0.1, -0.05) is 17.7 Å². The van der Waals surface area contributed by atoms with Crippen LogP contribution in [0.3, 0.4) is 0 Å². The van der Waals surface area contributed by atoms with Gasteiger partial charge < -0.3 is 14.8 Å². The van der Waals surface area contributed by atoms with E-state index in [0.29, 0.717) is 48.3 Å². The van der Waals surface area contributed by atoms with Crippen molar-refractivity contribution in [3.63, 3.8) is 0 Å². The Bertz CT molecular complexity index is 1020. The number of aryl methyl sites for hydroxylation is 1. The summed E-state index contributed by atoms with van der Waals surface area (Å²) in [6, 6.07) is 11.5. The molecule has 2 aromatic rings. The number of ether oxygens (including phenoxy) is 2. The molecule has 0 bridgehead atoms. The maximum Gasteiger partial charge on any atom is 0.267 e. The number of hydrogen-bond donors (Lipinski definition) is 1. The highest BCUT2D eigenvalue weighted by atomic mass is 35.5. The smallest absolute Gasteiger partial charge is 0.267 e. The largest absolute Gasteiger partial charge is 0.478 e. The molecular formula is C21H25ClN2O5S. The number of morpholine rings is 1. The second kappa shape index (κ2) is 8.93. The van der Waals surface area contributed by atoms with Crippen molar-refractivity contribution >= 4 is 33.2 Å². The molecule has 1 aliphatic rings. The molecule has 1 N–H and O–H groups in total. The Morgan fingerprint density at radius 3 is 2.40 bits per heavy atom. The van der Waals surface area contributed by atoms with Crippen LogP contribution in [0.15, 0.2) is 47.4 Å². The van der Waals surface area contributed by atoms with E-state index in [1.165, 1.54) is 10.4 Å². The first-order valence-electron chi connectivity index (χ1n) is 9.54. The van der Waals surface area contributed by atoms with Crippen LogP contribution < -0.4 is 10.1 Å². The first-order valence-corrected chi connectivity index (χ1v) is 11.4. The number of benzene rings is 2. The summed E-state index contributed by atoms with van der Waals surface area (Å²) >= 11 is 5.88. The highest BCUT2D eigenvalue weighted by molar-refractivity contribution is 7.89. The Balaban J connectivity index is 1.78. The number of anilines is 1. The number of hydrogen-bond acceptors (Lipinski definition) is 5. The Labute approximate surface area is 182 Å². The Hall–Kier alpha value is -2.13. The van der Waals surface area contributed by atoms with Crippen LogP contribution in [0.4, 0.5) is 5.69 Å². The molecule has 0 aliphatic carbocycles. The van der Waals surface area contributed by atoms with Crippen molar-refractivity contribution in [2.75, 3.05) is 31.6 Å². The Morgan fingerprint density at radius 1 is 1.13 bits per heavy atom. The molecule has 9 heteroatoms.